The minimum absolute atomic E-state index is 0.00810. The van der Waals surface area contributed by atoms with Crippen molar-refractivity contribution < 1.29 is 9.59 Å². The fourth-order valence-electron chi connectivity index (χ4n) is 3.39. The van der Waals surface area contributed by atoms with E-state index in [-0.39, 0.29) is 24.3 Å². The lowest BCUT2D eigenvalue weighted by Gasteiger charge is -2.31. The van der Waals surface area contributed by atoms with Gasteiger partial charge in [-0.15, -0.1) is 10.2 Å². The predicted octanol–water partition coefficient (Wildman–Crippen LogP) is 2.22. The fraction of sp³-hybridized carbons (Fsp3) is 0.286. The zero-order valence-electron chi connectivity index (χ0n) is 15.9. The Labute approximate surface area is 168 Å². The first kappa shape index (κ1) is 18.8. The van der Waals surface area contributed by atoms with E-state index in [9.17, 15) is 9.59 Å². The highest BCUT2D eigenvalue weighted by molar-refractivity contribution is 5.92. The van der Waals surface area contributed by atoms with Gasteiger partial charge >= 0.3 is 0 Å². The molecule has 3 aromatic rings. The molecule has 8 nitrogen and oxygen atoms in total. The van der Waals surface area contributed by atoms with Gasteiger partial charge in [-0.2, -0.15) is 4.80 Å². The van der Waals surface area contributed by atoms with Crippen LogP contribution in [0.5, 0.6) is 0 Å². The highest BCUT2D eigenvalue weighted by atomic mass is 16.2. The summed E-state index contributed by atoms with van der Waals surface area (Å²) in [6.07, 6.45) is 1.29. The van der Waals surface area contributed by atoms with Crippen LogP contribution < -0.4 is 5.32 Å². The molecule has 2 amide bonds. The topological polar surface area (TPSA) is 93.0 Å². The number of hydrogen-bond donors (Lipinski definition) is 1. The zero-order valence-corrected chi connectivity index (χ0v) is 15.9. The first-order valence-corrected chi connectivity index (χ1v) is 9.66. The van der Waals surface area contributed by atoms with Crippen molar-refractivity contribution >= 4 is 17.5 Å². The largest absolute Gasteiger partial charge is 0.341 e. The standard InChI is InChI=1S/C21H22N6O2/c28-19(15-27-24-20(23-25-27)16-7-3-1-4-8-16)26-13-11-17(12-14-26)21(29)22-18-9-5-2-6-10-18/h1-10,17H,11-15H2,(H,22,29). The summed E-state index contributed by atoms with van der Waals surface area (Å²) in [4.78, 5) is 28.1. The van der Waals surface area contributed by atoms with Crippen LogP contribution in [0.25, 0.3) is 11.4 Å². The maximum atomic E-state index is 12.6. The molecule has 2 aromatic carbocycles. The number of likely N-dealkylation sites (tertiary alicyclic amines) is 1. The van der Waals surface area contributed by atoms with Gasteiger partial charge in [0.05, 0.1) is 0 Å². The number of carbonyl (C=O) groups is 2. The second-order valence-electron chi connectivity index (χ2n) is 7.02. The van der Waals surface area contributed by atoms with Crippen LogP contribution in [-0.4, -0.2) is 50.0 Å². The van der Waals surface area contributed by atoms with Gasteiger partial charge in [-0.25, -0.2) is 0 Å². The molecule has 1 saturated heterocycles. The third-order valence-electron chi connectivity index (χ3n) is 5.02. The van der Waals surface area contributed by atoms with Crippen LogP contribution in [0.3, 0.4) is 0 Å². The van der Waals surface area contributed by atoms with Crippen molar-refractivity contribution in [3.05, 3.63) is 60.7 Å². The second kappa shape index (κ2) is 8.64. The first-order valence-electron chi connectivity index (χ1n) is 9.66. The molecule has 4 rings (SSSR count). The van der Waals surface area contributed by atoms with Crippen LogP contribution in [0.4, 0.5) is 5.69 Å². The van der Waals surface area contributed by atoms with Gasteiger partial charge in [-0.3, -0.25) is 9.59 Å². The molecule has 0 bridgehead atoms. The highest BCUT2D eigenvalue weighted by Crippen LogP contribution is 2.20. The van der Waals surface area contributed by atoms with Gasteiger partial charge < -0.3 is 10.2 Å². The second-order valence-corrected chi connectivity index (χ2v) is 7.02. The van der Waals surface area contributed by atoms with Gasteiger partial charge in [0.15, 0.2) is 0 Å². The Morgan fingerprint density at radius 1 is 0.966 bits per heavy atom. The molecule has 29 heavy (non-hydrogen) atoms. The van der Waals surface area contributed by atoms with E-state index in [1.54, 1.807) is 4.90 Å². The van der Waals surface area contributed by atoms with Crippen molar-refractivity contribution in [2.45, 2.75) is 19.4 Å². The summed E-state index contributed by atoms with van der Waals surface area (Å²) in [5.41, 5.74) is 1.65. The summed E-state index contributed by atoms with van der Waals surface area (Å²) in [5.74, 6) is 0.348. The number of rotatable bonds is 5. The summed E-state index contributed by atoms with van der Waals surface area (Å²) >= 11 is 0. The number of para-hydroxylation sites is 1. The summed E-state index contributed by atoms with van der Waals surface area (Å²) in [7, 11) is 0. The highest BCUT2D eigenvalue weighted by Gasteiger charge is 2.27. The molecule has 1 N–H and O–H groups in total. The van der Waals surface area contributed by atoms with Gasteiger partial charge in [0.1, 0.15) is 6.54 Å². The van der Waals surface area contributed by atoms with Gasteiger partial charge in [-0.05, 0) is 30.2 Å². The Hall–Kier alpha value is -3.55. The van der Waals surface area contributed by atoms with Gasteiger partial charge in [-0.1, -0.05) is 48.5 Å². The van der Waals surface area contributed by atoms with E-state index in [1.807, 2.05) is 60.7 Å². The smallest absolute Gasteiger partial charge is 0.246 e. The van der Waals surface area contributed by atoms with Crippen LogP contribution in [0.15, 0.2) is 60.7 Å². The van der Waals surface area contributed by atoms with E-state index in [1.165, 1.54) is 4.80 Å². The van der Waals surface area contributed by atoms with Crippen molar-refractivity contribution in [3.8, 4) is 11.4 Å². The van der Waals surface area contributed by atoms with Crippen LogP contribution in [0, 0.1) is 5.92 Å². The van der Waals surface area contributed by atoms with Gasteiger partial charge in [0.2, 0.25) is 17.6 Å². The minimum atomic E-state index is -0.0894. The lowest BCUT2D eigenvalue weighted by atomic mass is 9.95. The Morgan fingerprint density at radius 3 is 2.31 bits per heavy atom. The number of aromatic nitrogens is 4. The van der Waals surface area contributed by atoms with E-state index in [2.05, 4.69) is 20.7 Å². The number of carbonyl (C=O) groups excluding carboxylic acids is 2. The van der Waals surface area contributed by atoms with Crippen LogP contribution in [0.2, 0.25) is 0 Å². The van der Waals surface area contributed by atoms with Crippen LogP contribution >= 0.6 is 0 Å². The molecule has 1 aromatic heterocycles. The normalized spacial score (nSPS) is 14.6. The Kier molecular flexibility index (Phi) is 5.60. The molecule has 148 valence electrons. The number of tetrazole rings is 1. The van der Waals surface area contributed by atoms with Crippen molar-refractivity contribution in [2.75, 3.05) is 18.4 Å². The Balaban J connectivity index is 1.28. The summed E-state index contributed by atoms with van der Waals surface area (Å²) in [6.45, 7) is 1.14. The summed E-state index contributed by atoms with van der Waals surface area (Å²) in [6, 6.07) is 18.9. The molecular formula is C21H22N6O2. The maximum Gasteiger partial charge on any atom is 0.246 e. The molecule has 2 heterocycles. The van der Waals surface area contributed by atoms with Crippen molar-refractivity contribution in [1.82, 2.24) is 25.1 Å². The fourth-order valence-corrected chi connectivity index (χ4v) is 3.39. The number of amides is 2. The lowest BCUT2D eigenvalue weighted by Crippen LogP contribution is -2.43. The molecule has 0 aliphatic carbocycles. The third kappa shape index (κ3) is 4.66. The van der Waals surface area contributed by atoms with Crippen molar-refractivity contribution in [2.24, 2.45) is 5.92 Å². The average molecular weight is 390 g/mol. The van der Waals surface area contributed by atoms with Crippen LogP contribution in [-0.2, 0) is 16.1 Å². The molecule has 1 fully saturated rings. The first-order chi connectivity index (χ1) is 14.2. The molecule has 1 aliphatic rings. The number of nitrogens with zero attached hydrogens (tertiary/aromatic N) is 5. The Bertz CT molecular complexity index is 965. The molecule has 8 heteroatoms. The molecule has 0 atom stereocenters. The SMILES string of the molecule is O=C(Nc1ccccc1)C1CCN(C(=O)Cn2nnc(-c3ccccc3)n2)CC1. The van der Waals surface area contributed by atoms with E-state index in [0.29, 0.717) is 31.8 Å². The molecule has 0 unspecified atom stereocenters. The number of benzene rings is 2. The van der Waals surface area contributed by atoms with Crippen LogP contribution in [0.1, 0.15) is 12.8 Å². The average Bonchev–Trinajstić information content (AvgIpc) is 3.23. The molecule has 0 saturated carbocycles. The minimum Gasteiger partial charge on any atom is -0.341 e. The third-order valence-corrected chi connectivity index (χ3v) is 5.02. The zero-order chi connectivity index (χ0) is 20.1. The molecule has 0 radical (unpaired) electrons. The van der Waals surface area contributed by atoms with Gasteiger partial charge in [0.25, 0.3) is 0 Å². The molecular weight excluding hydrogens is 368 g/mol. The number of anilines is 1. The Morgan fingerprint density at radius 2 is 1.62 bits per heavy atom. The van der Waals surface area contributed by atoms with E-state index < -0.39 is 0 Å². The number of hydrogen-bond acceptors (Lipinski definition) is 5. The van der Waals surface area contributed by atoms with Gasteiger partial charge in [0, 0.05) is 30.3 Å². The molecule has 0 spiro atoms. The van der Waals surface area contributed by atoms with E-state index in [4.69, 9.17) is 0 Å². The lowest BCUT2D eigenvalue weighted by molar-refractivity contribution is -0.135. The van der Waals surface area contributed by atoms with Crippen molar-refractivity contribution in [1.29, 1.82) is 0 Å². The summed E-state index contributed by atoms with van der Waals surface area (Å²) < 4.78 is 0. The molecule has 1 aliphatic heterocycles. The predicted molar refractivity (Wildman–Crippen MR) is 108 cm³/mol. The van der Waals surface area contributed by atoms with E-state index in [0.717, 1.165) is 11.3 Å². The maximum absolute atomic E-state index is 12.6. The monoisotopic (exact) mass is 390 g/mol. The number of piperidine rings is 1. The number of nitrogens with one attached hydrogen (secondary N) is 1. The quantitative estimate of drug-likeness (QED) is 0.721. The van der Waals surface area contributed by atoms with E-state index >= 15 is 0 Å². The summed E-state index contributed by atoms with van der Waals surface area (Å²) in [5, 5.41) is 15.2. The van der Waals surface area contributed by atoms with Crippen molar-refractivity contribution in [3.63, 3.8) is 0 Å².